The van der Waals surface area contributed by atoms with Crippen LogP contribution in [-0.4, -0.2) is 13.6 Å². The van der Waals surface area contributed by atoms with Crippen LogP contribution in [0.2, 0.25) is 0 Å². The Balaban J connectivity index is 0.00000161. The molecule has 0 bridgehead atoms. The first-order valence-corrected chi connectivity index (χ1v) is 7.58. The maximum absolute atomic E-state index is 2.44. The van der Waals surface area contributed by atoms with Crippen LogP contribution in [0.3, 0.4) is 0 Å². The number of aryl methyl sites for hydroxylation is 1. The van der Waals surface area contributed by atoms with E-state index in [9.17, 15) is 0 Å². The van der Waals surface area contributed by atoms with Gasteiger partial charge in [-0.15, -0.1) is 28.3 Å². The summed E-state index contributed by atoms with van der Waals surface area (Å²) in [4.78, 5) is 2.44. The minimum atomic E-state index is 0. The van der Waals surface area contributed by atoms with Gasteiger partial charge in [-0.3, -0.25) is 0 Å². The Morgan fingerprint density at radius 3 is 2.09 bits per heavy atom. The van der Waals surface area contributed by atoms with E-state index in [1.807, 2.05) is 0 Å². The van der Waals surface area contributed by atoms with Crippen molar-refractivity contribution in [1.82, 2.24) is 0 Å². The summed E-state index contributed by atoms with van der Waals surface area (Å²) in [6.07, 6.45) is 2.48. The van der Waals surface area contributed by atoms with E-state index in [4.69, 9.17) is 0 Å². The summed E-state index contributed by atoms with van der Waals surface area (Å²) in [7, 11) is 2.23. The van der Waals surface area contributed by atoms with Crippen LogP contribution < -0.4 is 4.90 Å². The van der Waals surface area contributed by atoms with Crippen LogP contribution >= 0.6 is 0 Å². The van der Waals surface area contributed by atoms with Crippen molar-refractivity contribution in [1.29, 1.82) is 0 Å². The number of nitrogens with zero attached hydrogens (tertiary/aromatic N) is 1. The normalized spacial score (nSPS) is 12.7. The maximum Gasteiger partial charge on any atom is 3.00 e. The molecule has 0 fully saturated rings. The Hall–Kier alpha value is -0.916. The van der Waals surface area contributed by atoms with Crippen molar-refractivity contribution in [2.45, 2.75) is 40.5 Å². The second-order valence-electron chi connectivity index (χ2n) is 6.21. The molecule has 1 nitrogen and oxygen atoms in total. The Bertz CT molecular complexity index is 641. The third-order valence-corrected chi connectivity index (χ3v) is 5.15. The van der Waals surface area contributed by atoms with E-state index in [2.05, 4.69) is 57.8 Å². The summed E-state index contributed by atoms with van der Waals surface area (Å²) in [5, 5.41) is 0. The van der Waals surface area contributed by atoms with Crippen molar-refractivity contribution >= 4 is 5.69 Å². The van der Waals surface area contributed by atoms with Crippen molar-refractivity contribution < 1.29 is 21.7 Å². The standard InChI is InChI=1S/C19H24N.2CH3.Ti/c1-12-13(2)15(4)18(14(12)3)17-10-6-8-16-9-7-11-20(5)19(16)17;;;/h6,8,10H,7,9,11H2,1-5H3;2*1H3;/q3*-1;+3. The fourth-order valence-corrected chi connectivity index (χ4v) is 3.69. The van der Waals surface area contributed by atoms with Gasteiger partial charge in [-0.25, -0.2) is 0 Å². The molecule has 3 rings (SSSR count). The SMILES string of the molecule is Cc1c(C)c(C)[c-](-c2cccc3c2N(C)CCC3)c1C.[CH3-].[CH3-].[Ti+3]. The second-order valence-corrected chi connectivity index (χ2v) is 6.21. The average Bonchev–Trinajstić information content (AvgIpc) is 2.63. The summed E-state index contributed by atoms with van der Waals surface area (Å²) < 4.78 is 0. The molecule has 0 aliphatic carbocycles. The summed E-state index contributed by atoms with van der Waals surface area (Å²) in [6, 6.07) is 6.82. The van der Waals surface area contributed by atoms with Crippen LogP contribution in [-0.2, 0) is 28.1 Å². The molecule has 0 atom stereocenters. The average molecular weight is 344 g/mol. The third kappa shape index (κ3) is 3.46. The predicted octanol–water partition coefficient (Wildman–Crippen LogP) is 5.59. The predicted molar refractivity (Wildman–Crippen MR) is 101 cm³/mol. The molecular weight excluding hydrogens is 314 g/mol. The zero-order valence-electron chi connectivity index (χ0n) is 15.8. The van der Waals surface area contributed by atoms with Gasteiger partial charge >= 0.3 is 21.7 Å². The second kappa shape index (κ2) is 8.26. The van der Waals surface area contributed by atoms with E-state index in [1.165, 1.54) is 64.0 Å². The topological polar surface area (TPSA) is 3.24 Å². The molecule has 0 saturated heterocycles. The van der Waals surface area contributed by atoms with E-state index in [0.29, 0.717) is 0 Å². The van der Waals surface area contributed by atoms with Crippen LogP contribution in [0.15, 0.2) is 18.2 Å². The van der Waals surface area contributed by atoms with E-state index in [-0.39, 0.29) is 36.6 Å². The Morgan fingerprint density at radius 2 is 1.52 bits per heavy atom. The monoisotopic (exact) mass is 344 g/mol. The molecule has 0 N–H and O–H groups in total. The van der Waals surface area contributed by atoms with Gasteiger partial charge in [-0.05, 0) is 25.6 Å². The molecule has 23 heavy (non-hydrogen) atoms. The number of benzene rings is 1. The molecule has 1 radical (unpaired) electrons. The first kappa shape index (κ1) is 22.1. The van der Waals surface area contributed by atoms with Gasteiger partial charge in [0.05, 0.1) is 0 Å². The molecule has 1 aliphatic heterocycles. The molecule has 1 aliphatic rings. The van der Waals surface area contributed by atoms with E-state index in [1.54, 1.807) is 0 Å². The maximum atomic E-state index is 2.44. The van der Waals surface area contributed by atoms with Crippen LogP contribution in [0, 0.1) is 42.5 Å². The van der Waals surface area contributed by atoms with Gasteiger partial charge < -0.3 is 19.8 Å². The molecule has 0 unspecified atom stereocenters. The van der Waals surface area contributed by atoms with Crippen molar-refractivity contribution in [3.05, 3.63) is 60.9 Å². The Kier molecular flexibility index (Phi) is 7.93. The van der Waals surface area contributed by atoms with Gasteiger partial charge in [0.1, 0.15) is 0 Å². The minimum Gasteiger partial charge on any atom is -0.405 e. The van der Waals surface area contributed by atoms with E-state index < -0.39 is 0 Å². The largest absolute Gasteiger partial charge is 3.00 e. The van der Waals surface area contributed by atoms with Crippen molar-refractivity contribution in [3.8, 4) is 11.1 Å². The Morgan fingerprint density at radius 1 is 0.957 bits per heavy atom. The van der Waals surface area contributed by atoms with Crippen molar-refractivity contribution in [2.75, 3.05) is 18.5 Å². The third-order valence-electron chi connectivity index (χ3n) is 5.15. The fraction of sp³-hybridized carbons (Fsp3) is 0.381. The van der Waals surface area contributed by atoms with Gasteiger partial charge in [0, 0.05) is 6.54 Å². The summed E-state index contributed by atoms with van der Waals surface area (Å²) >= 11 is 0. The van der Waals surface area contributed by atoms with Crippen LogP contribution in [0.4, 0.5) is 5.69 Å². The molecule has 1 heterocycles. The van der Waals surface area contributed by atoms with E-state index >= 15 is 0 Å². The molecule has 2 aromatic rings. The summed E-state index contributed by atoms with van der Waals surface area (Å²) in [5.74, 6) is 0. The van der Waals surface area contributed by atoms with Crippen molar-refractivity contribution in [3.63, 3.8) is 0 Å². The smallest absolute Gasteiger partial charge is 0.405 e. The minimum absolute atomic E-state index is 0. The van der Waals surface area contributed by atoms with Gasteiger partial charge in [-0.1, -0.05) is 56.5 Å². The quantitative estimate of drug-likeness (QED) is 0.482. The number of rotatable bonds is 1. The zero-order chi connectivity index (χ0) is 14.4. The van der Waals surface area contributed by atoms with Gasteiger partial charge in [0.25, 0.3) is 0 Å². The molecule has 2 heteroatoms. The molecule has 0 amide bonds. The first-order valence-electron chi connectivity index (χ1n) is 7.58. The summed E-state index contributed by atoms with van der Waals surface area (Å²) in [6.45, 7) is 10.2. The number of fused-ring (bicyclic) bond motifs is 1. The molecule has 0 saturated carbocycles. The van der Waals surface area contributed by atoms with E-state index in [0.717, 1.165) is 0 Å². The van der Waals surface area contributed by atoms with Crippen LogP contribution in [0.5, 0.6) is 0 Å². The number of anilines is 1. The van der Waals surface area contributed by atoms with Gasteiger partial charge in [-0.2, -0.15) is 0 Å². The Labute approximate surface area is 158 Å². The summed E-state index contributed by atoms with van der Waals surface area (Å²) in [5.41, 5.74) is 11.7. The van der Waals surface area contributed by atoms with Crippen LogP contribution in [0.25, 0.3) is 11.1 Å². The number of hydrogen-bond acceptors (Lipinski definition) is 1. The molecule has 0 spiro atoms. The zero-order valence-corrected chi connectivity index (χ0v) is 17.4. The molecule has 123 valence electrons. The molecule has 0 aromatic heterocycles. The number of hydrogen-bond donors (Lipinski definition) is 0. The fourth-order valence-electron chi connectivity index (χ4n) is 3.69. The first-order chi connectivity index (χ1) is 9.52. The van der Waals surface area contributed by atoms with Gasteiger partial charge in [0.15, 0.2) is 0 Å². The van der Waals surface area contributed by atoms with Gasteiger partial charge in [0.2, 0.25) is 0 Å². The molecular formula is C21H30NTi. The number of para-hydroxylation sites is 1. The molecule has 2 aromatic carbocycles. The van der Waals surface area contributed by atoms with Crippen LogP contribution in [0.1, 0.15) is 34.2 Å². The van der Waals surface area contributed by atoms with Crippen molar-refractivity contribution in [2.24, 2.45) is 0 Å².